The summed E-state index contributed by atoms with van der Waals surface area (Å²) < 4.78 is 61.2. The van der Waals surface area contributed by atoms with Crippen molar-refractivity contribution in [2.45, 2.75) is 31.2 Å². The third kappa shape index (κ3) is 6.37. The molecule has 0 spiro atoms. The molecule has 0 atom stereocenters. The average molecular weight is 421 g/mol. The van der Waals surface area contributed by atoms with Gasteiger partial charge in [-0.15, -0.1) is 0 Å². The van der Waals surface area contributed by atoms with Crippen LogP contribution in [0.25, 0.3) is 0 Å². The summed E-state index contributed by atoms with van der Waals surface area (Å²) in [5, 5.41) is 6.39. The molecule has 0 bridgehead atoms. The molecule has 0 aromatic heterocycles. The van der Waals surface area contributed by atoms with E-state index in [9.17, 15) is 21.6 Å². The standard InChI is InChI=1S/C18H27F3N4O2S/c1-22-17(23-11-5-8-15-6-3-2-4-7-15)24-14-16-9-12-25(13-10-16)28(26,27)18(19,20)21/h2-4,6-7,16H,5,8-14H2,1H3,(H2,22,23,24). The Morgan fingerprint density at radius 1 is 1.18 bits per heavy atom. The molecule has 0 aliphatic carbocycles. The lowest BCUT2D eigenvalue weighted by molar-refractivity contribution is -0.0496. The van der Waals surface area contributed by atoms with Gasteiger partial charge >= 0.3 is 15.5 Å². The molecule has 0 saturated carbocycles. The second-order valence-electron chi connectivity index (χ2n) is 6.76. The highest BCUT2D eigenvalue weighted by molar-refractivity contribution is 7.90. The van der Waals surface area contributed by atoms with Gasteiger partial charge in [-0.2, -0.15) is 17.5 Å². The predicted octanol–water partition coefficient (Wildman–Crippen LogP) is 2.35. The van der Waals surface area contributed by atoms with Crippen molar-refractivity contribution in [3.8, 4) is 0 Å². The Bertz CT molecular complexity index is 731. The van der Waals surface area contributed by atoms with E-state index < -0.39 is 15.5 Å². The number of nitrogens with one attached hydrogen (secondary N) is 2. The summed E-state index contributed by atoms with van der Waals surface area (Å²) in [5.74, 6) is 0.737. The molecule has 1 aliphatic rings. The van der Waals surface area contributed by atoms with Gasteiger partial charge in [0.15, 0.2) is 5.96 Å². The molecule has 0 radical (unpaired) electrons. The number of hydrogen-bond acceptors (Lipinski definition) is 3. The van der Waals surface area contributed by atoms with Gasteiger partial charge in [-0.1, -0.05) is 30.3 Å². The Labute approximate surface area is 164 Å². The second kappa shape index (κ2) is 10.1. The first-order chi connectivity index (χ1) is 13.2. The van der Waals surface area contributed by atoms with E-state index in [-0.39, 0.29) is 19.0 Å². The number of aryl methyl sites for hydroxylation is 1. The largest absolute Gasteiger partial charge is 0.511 e. The number of alkyl halides is 3. The van der Waals surface area contributed by atoms with Gasteiger partial charge in [-0.05, 0) is 37.2 Å². The van der Waals surface area contributed by atoms with E-state index in [0.29, 0.717) is 29.7 Å². The van der Waals surface area contributed by atoms with Crippen LogP contribution in [0.1, 0.15) is 24.8 Å². The van der Waals surface area contributed by atoms with Crippen molar-refractivity contribution in [1.29, 1.82) is 0 Å². The van der Waals surface area contributed by atoms with E-state index in [2.05, 4.69) is 27.8 Å². The number of piperidine rings is 1. The fourth-order valence-electron chi connectivity index (χ4n) is 3.11. The molecule has 1 aliphatic heterocycles. The monoisotopic (exact) mass is 420 g/mol. The van der Waals surface area contributed by atoms with Crippen molar-refractivity contribution in [3.05, 3.63) is 35.9 Å². The van der Waals surface area contributed by atoms with Crippen LogP contribution in [-0.4, -0.2) is 57.4 Å². The Hall–Kier alpha value is -1.81. The van der Waals surface area contributed by atoms with Gasteiger partial charge in [-0.25, -0.2) is 8.42 Å². The highest BCUT2D eigenvalue weighted by Crippen LogP contribution is 2.30. The molecule has 158 valence electrons. The lowest BCUT2D eigenvalue weighted by Gasteiger charge is -2.31. The summed E-state index contributed by atoms with van der Waals surface area (Å²) in [4.78, 5) is 4.14. The highest BCUT2D eigenvalue weighted by Gasteiger charge is 2.50. The van der Waals surface area contributed by atoms with Gasteiger partial charge in [0.25, 0.3) is 0 Å². The number of rotatable bonds is 7. The zero-order valence-electron chi connectivity index (χ0n) is 15.9. The number of nitrogens with zero attached hydrogens (tertiary/aromatic N) is 2. The topological polar surface area (TPSA) is 73.8 Å². The summed E-state index contributed by atoms with van der Waals surface area (Å²) in [6.45, 7) is 1.06. The normalized spacial score (nSPS) is 17.5. The number of benzene rings is 1. The zero-order chi connectivity index (χ0) is 20.6. The minimum atomic E-state index is -5.23. The fourth-order valence-corrected chi connectivity index (χ4v) is 4.09. The molecule has 6 nitrogen and oxygen atoms in total. The van der Waals surface area contributed by atoms with E-state index in [1.165, 1.54) is 5.56 Å². The third-order valence-corrected chi connectivity index (χ3v) is 6.40. The van der Waals surface area contributed by atoms with E-state index >= 15 is 0 Å². The molecular formula is C18H27F3N4O2S. The molecule has 0 amide bonds. The van der Waals surface area contributed by atoms with Gasteiger partial charge < -0.3 is 10.6 Å². The van der Waals surface area contributed by atoms with Gasteiger partial charge in [0.1, 0.15) is 0 Å². The Morgan fingerprint density at radius 2 is 1.82 bits per heavy atom. The van der Waals surface area contributed by atoms with E-state index in [1.54, 1.807) is 7.05 Å². The SMILES string of the molecule is CN=C(NCCCc1ccccc1)NCC1CCN(S(=O)(=O)C(F)(F)F)CC1. The summed E-state index contributed by atoms with van der Waals surface area (Å²) >= 11 is 0. The van der Waals surface area contributed by atoms with E-state index in [4.69, 9.17) is 0 Å². The van der Waals surface area contributed by atoms with Crippen molar-refractivity contribution in [2.24, 2.45) is 10.9 Å². The van der Waals surface area contributed by atoms with Gasteiger partial charge in [0.2, 0.25) is 0 Å². The molecule has 2 rings (SSSR count). The first-order valence-electron chi connectivity index (χ1n) is 9.29. The molecule has 10 heteroatoms. The number of sulfonamides is 1. The molecule has 1 aromatic carbocycles. The molecule has 28 heavy (non-hydrogen) atoms. The molecule has 1 fully saturated rings. The van der Waals surface area contributed by atoms with Crippen LogP contribution >= 0.6 is 0 Å². The van der Waals surface area contributed by atoms with Gasteiger partial charge in [0, 0.05) is 33.2 Å². The fraction of sp³-hybridized carbons (Fsp3) is 0.611. The summed E-state index contributed by atoms with van der Waals surface area (Å²) in [6.07, 6.45) is 2.66. The van der Waals surface area contributed by atoms with Gasteiger partial charge in [0.05, 0.1) is 0 Å². The maximum atomic E-state index is 12.6. The number of guanidine groups is 1. The minimum absolute atomic E-state index is 0.0996. The van der Waals surface area contributed by atoms with E-state index in [0.717, 1.165) is 19.4 Å². The summed E-state index contributed by atoms with van der Waals surface area (Å²) in [6, 6.07) is 10.2. The molecule has 1 saturated heterocycles. The number of halogens is 3. The minimum Gasteiger partial charge on any atom is -0.356 e. The first-order valence-corrected chi connectivity index (χ1v) is 10.7. The van der Waals surface area contributed by atoms with Crippen molar-refractivity contribution >= 4 is 16.0 Å². The predicted molar refractivity (Wildman–Crippen MR) is 103 cm³/mol. The van der Waals surface area contributed by atoms with Crippen LogP contribution in [0.2, 0.25) is 0 Å². The van der Waals surface area contributed by atoms with Crippen LogP contribution < -0.4 is 10.6 Å². The van der Waals surface area contributed by atoms with Crippen LogP contribution in [0.4, 0.5) is 13.2 Å². The lowest BCUT2D eigenvalue weighted by Crippen LogP contribution is -2.47. The molecule has 2 N–H and O–H groups in total. The maximum Gasteiger partial charge on any atom is 0.511 e. The maximum absolute atomic E-state index is 12.6. The zero-order valence-corrected chi connectivity index (χ0v) is 16.7. The van der Waals surface area contributed by atoms with Crippen LogP contribution in [0, 0.1) is 5.92 Å². The van der Waals surface area contributed by atoms with Crippen molar-refractivity contribution < 1.29 is 21.6 Å². The average Bonchev–Trinajstić information content (AvgIpc) is 2.67. The van der Waals surface area contributed by atoms with Crippen LogP contribution in [-0.2, 0) is 16.4 Å². The number of hydrogen-bond donors (Lipinski definition) is 2. The Kier molecular flexibility index (Phi) is 8.11. The molecule has 1 aromatic rings. The quantitative estimate of drug-likeness (QED) is 0.404. The smallest absolute Gasteiger partial charge is 0.356 e. The first kappa shape index (κ1) is 22.5. The van der Waals surface area contributed by atoms with Gasteiger partial charge in [-0.3, -0.25) is 4.99 Å². The molecule has 1 heterocycles. The van der Waals surface area contributed by atoms with Crippen molar-refractivity contribution in [1.82, 2.24) is 14.9 Å². The molecule has 0 unspecified atom stereocenters. The third-order valence-electron chi connectivity index (χ3n) is 4.77. The van der Waals surface area contributed by atoms with Crippen molar-refractivity contribution in [3.63, 3.8) is 0 Å². The highest BCUT2D eigenvalue weighted by atomic mass is 32.2. The van der Waals surface area contributed by atoms with Crippen molar-refractivity contribution in [2.75, 3.05) is 33.2 Å². The van der Waals surface area contributed by atoms with Crippen LogP contribution in [0.15, 0.2) is 35.3 Å². The van der Waals surface area contributed by atoms with Crippen LogP contribution in [0.3, 0.4) is 0 Å². The summed E-state index contributed by atoms with van der Waals surface area (Å²) in [5.41, 5.74) is -3.96. The summed E-state index contributed by atoms with van der Waals surface area (Å²) in [7, 11) is -3.56. The Balaban J connectivity index is 1.67. The van der Waals surface area contributed by atoms with E-state index in [1.807, 2.05) is 18.2 Å². The van der Waals surface area contributed by atoms with Crippen LogP contribution in [0.5, 0.6) is 0 Å². The Morgan fingerprint density at radius 3 is 2.39 bits per heavy atom. The lowest BCUT2D eigenvalue weighted by atomic mass is 9.98. The number of aliphatic imine (C=N–C) groups is 1. The second-order valence-corrected chi connectivity index (χ2v) is 8.69. The molecular weight excluding hydrogens is 393 g/mol.